The minimum atomic E-state index is -0.357. The van der Waals surface area contributed by atoms with E-state index in [1.807, 2.05) is 70.1 Å². The summed E-state index contributed by atoms with van der Waals surface area (Å²) >= 11 is 0. The number of rotatable bonds is 35. The molecule has 76 heavy (non-hydrogen) atoms. The monoisotopic (exact) mass is 1080 g/mol. The van der Waals surface area contributed by atoms with E-state index in [0.717, 1.165) is 24.2 Å². The summed E-state index contributed by atoms with van der Waals surface area (Å²) in [6.07, 6.45) is 1.38. The van der Waals surface area contributed by atoms with Crippen molar-refractivity contribution in [2.75, 3.05) is 165 Å². The number of carbonyl (C=O) groups is 5. The molecule has 0 unspecified atom stereocenters. The average Bonchev–Trinajstić information content (AvgIpc) is 3.34. The van der Waals surface area contributed by atoms with Gasteiger partial charge in [-0.05, 0) is 47.6 Å². The molecule has 1 atom stereocenters. The summed E-state index contributed by atoms with van der Waals surface area (Å²) in [4.78, 5) is 77.7. The highest BCUT2D eigenvalue weighted by Crippen LogP contribution is 2.22. The zero-order valence-electron chi connectivity index (χ0n) is 49.7. The number of esters is 4. The Balaban J connectivity index is 2.46. The Hall–Kier alpha value is -3.75. The molecule has 18 heteroatoms. The van der Waals surface area contributed by atoms with Crippen molar-refractivity contribution in [1.82, 2.24) is 29.8 Å². The smallest absolute Gasteiger partial charge is 0.320 e. The van der Waals surface area contributed by atoms with Crippen molar-refractivity contribution in [2.45, 2.75) is 108 Å². The number of nitrogens with one attached hydrogen (secondary N) is 1. The maximum absolute atomic E-state index is 13.9. The Labute approximate surface area is 458 Å². The van der Waals surface area contributed by atoms with Crippen LogP contribution in [0, 0.1) is 34.5 Å². The molecule has 0 radical (unpaired) electrons. The molecule has 1 amide bonds. The van der Waals surface area contributed by atoms with Crippen LogP contribution in [0.15, 0.2) is 24.3 Å². The third kappa shape index (κ3) is 32.2. The molecule has 0 saturated carbocycles. The Morgan fingerprint density at radius 1 is 0.592 bits per heavy atom. The largest absolute Gasteiger partial charge is 0.464 e. The summed E-state index contributed by atoms with van der Waals surface area (Å²) in [5.74, 6) is -0.689. The van der Waals surface area contributed by atoms with Gasteiger partial charge in [0.25, 0.3) is 0 Å². The predicted octanol–water partition coefficient (Wildman–Crippen LogP) is 5.33. The van der Waals surface area contributed by atoms with Gasteiger partial charge in [-0.1, -0.05) is 107 Å². The molecular weight excluding hydrogens is 973 g/mol. The van der Waals surface area contributed by atoms with E-state index < -0.39 is 0 Å². The molecule has 0 aliphatic carbocycles. The van der Waals surface area contributed by atoms with Crippen LogP contribution < -0.4 is 5.32 Å². The lowest BCUT2D eigenvalue weighted by atomic mass is 9.92. The molecule has 1 fully saturated rings. The maximum atomic E-state index is 13.9. The fourth-order valence-electron chi connectivity index (χ4n) is 8.38. The number of aryl methyl sites for hydroxylation is 1. The lowest BCUT2D eigenvalue weighted by Crippen LogP contribution is -2.53. The Morgan fingerprint density at radius 3 is 1.51 bits per heavy atom. The van der Waals surface area contributed by atoms with Gasteiger partial charge in [0, 0.05) is 110 Å². The first-order valence-corrected chi connectivity index (χ1v) is 28.0. The number of methoxy groups -OCH3 is 2. The summed E-state index contributed by atoms with van der Waals surface area (Å²) in [6, 6.07) is 7.96. The first-order chi connectivity index (χ1) is 35.9. The van der Waals surface area contributed by atoms with Crippen molar-refractivity contribution in [2.24, 2.45) is 34.5 Å². The number of ether oxygens (including phenoxy) is 7. The summed E-state index contributed by atoms with van der Waals surface area (Å²) in [6.45, 7) is 33.5. The van der Waals surface area contributed by atoms with Gasteiger partial charge in [0.1, 0.15) is 0 Å². The van der Waals surface area contributed by atoms with Gasteiger partial charge in [0.05, 0.1) is 79.0 Å². The van der Waals surface area contributed by atoms with E-state index in [4.69, 9.17) is 33.2 Å². The van der Waals surface area contributed by atoms with E-state index in [2.05, 4.69) is 67.1 Å². The summed E-state index contributed by atoms with van der Waals surface area (Å²) < 4.78 is 39.6. The van der Waals surface area contributed by atoms with Crippen LogP contribution in [0.5, 0.6) is 0 Å². The minimum absolute atomic E-state index is 0.00402. The Kier molecular flexibility index (Phi) is 33.4. The fraction of sp³-hybridized carbons (Fsp3) is 0.810. The fourth-order valence-corrected chi connectivity index (χ4v) is 8.38. The van der Waals surface area contributed by atoms with Crippen LogP contribution >= 0.6 is 0 Å². The highest BCUT2D eigenvalue weighted by Gasteiger charge is 2.30. The molecule has 1 N–H and O–H groups in total. The van der Waals surface area contributed by atoms with Crippen LogP contribution in [0.25, 0.3) is 0 Å². The lowest BCUT2D eigenvalue weighted by Gasteiger charge is -2.38. The predicted molar refractivity (Wildman–Crippen MR) is 298 cm³/mol. The molecule has 1 heterocycles. The third-order valence-electron chi connectivity index (χ3n) is 12.6. The zero-order valence-corrected chi connectivity index (χ0v) is 49.7. The summed E-state index contributed by atoms with van der Waals surface area (Å²) in [5.41, 5.74) is 1.67. The average molecular weight is 1080 g/mol. The molecule has 2 rings (SSSR count). The van der Waals surface area contributed by atoms with Gasteiger partial charge in [-0.3, -0.25) is 43.6 Å². The minimum Gasteiger partial charge on any atom is -0.464 e. The number of amides is 1. The van der Waals surface area contributed by atoms with E-state index >= 15 is 0 Å². The second kappa shape index (κ2) is 37.2. The third-order valence-corrected chi connectivity index (χ3v) is 12.6. The number of hydrogen-bond acceptors (Lipinski definition) is 17. The van der Waals surface area contributed by atoms with Crippen molar-refractivity contribution < 1.29 is 57.1 Å². The number of carbonyl (C=O) groups excluding carboxylic acids is 5. The van der Waals surface area contributed by atoms with Crippen LogP contribution in [0.1, 0.15) is 101 Å². The normalized spacial score (nSPS) is 16.2. The van der Waals surface area contributed by atoms with E-state index in [1.165, 1.54) is 0 Å². The second-order valence-corrected chi connectivity index (χ2v) is 24.0. The molecule has 1 aromatic carbocycles. The Bertz CT molecular complexity index is 1790. The first kappa shape index (κ1) is 68.4. The SMILES string of the molecule is COCCNCC(C)(C)COCC(C)(C)CN(CCOC)C(=O)CCc1ccc(C[C@H]2CN(CC(=O)OCC(C)C)CCN(CC(=O)OCC(C)C)CCN(CC(=O)OCC(C)C)CCN2CC(=O)OCC(C)C)cc1. The van der Waals surface area contributed by atoms with Crippen LogP contribution in [0.4, 0.5) is 0 Å². The Morgan fingerprint density at radius 2 is 1.03 bits per heavy atom. The standard InChI is InChI=1S/C58H104N6O12/c1-45(2)37-73-53(66)33-60-22-23-61(34-54(67)74-38-46(3)4)26-27-63(36-56(69)76-40-48(7)8)51(32-62(25-24-60)35-55(68)75-39-47(5)6)31-50-17-15-49(16-18-50)19-20-52(65)64(28-30-71-14)42-58(11,12)44-72-43-57(9,10)41-59-21-29-70-13/h15-18,45-48,51,59H,19-44H2,1-14H3/t51-/m0/s1. The molecular formula is C58H104N6O12. The molecule has 0 aromatic heterocycles. The van der Waals surface area contributed by atoms with Gasteiger partial charge in [0.15, 0.2) is 0 Å². The molecule has 1 aliphatic rings. The van der Waals surface area contributed by atoms with Crippen molar-refractivity contribution in [1.29, 1.82) is 0 Å². The van der Waals surface area contributed by atoms with Crippen LogP contribution in [-0.2, 0) is 70.0 Å². The second-order valence-electron chi connectivity index (χ2n) is 24.0. The van der Waals surface area contributed by atoms with Crippen molar-refractivity contribution in [3.05, 3.63) is 35.4 Å². The van der Waals surface area contributed by atoms with E-state index in [0.29, 0.717) is 118 Å². The maximum Gasteiger partial charge on any atom is 0.320 e. The molecule has 1 aromatic rings. The first-order valence-electron chi connectivity index (χ1n) is 28.0. The molecule has 1 aliphatic heterocycles. The number of hydrogen-bond donors (Lipinski definition) is 1. The summed E-state index contributed by atoms with van der Waals surface area (Å²) in [5, 5.41) is 3.42. The van der Waals surface area contributed by atoms with Gasteiger partial charge in [-0.15, -0.1) is 0 Å². The van der Waals surface area contributed by atoms with E-state index in [1.54, 1.807) is 14.2 Å². The van der Waals surface area contributed by atoms with Crippen LogP contribution in [0.2, 0.25) is 0 Å². The van der Waals surface area contributed by atoms with Gasteiger partial charge in [0.2, 0.25) is 5.91 Å². The van der Waals surface area contributed by atoms with E-state index in [-0.39, 0.29) is 110 Å². The zero-order chi connectivity index (χ0) is 56.7. The summed E-state index contributed by atoms with van der Waals surface area (Å²) in [7, 11) is 3.34. The van der Waals surface area contributed by atoms with E-state index in [9.17, 15) is 24.0 Å². The molecule has 0 spiro atoms. The lowest BCUT2D eigenvalue weighted by molar-refractivity contribution is -0.149. The van der Waals surface area contributed by atoms with Crippen molar-refractivity contribution >= 4 is 29.8 Å². The number of nitrogens with zero attached hydrogens (tertiary/aromatic N) is 5. The molecule has 438 valence electrons. The molecule has 1 saturated heterocycles. The van der Waals surface area contributed by atoms with Crippen LogP contribution in [-0.4, -0.2) is 226 Å². The van der Waals surface area contributed by atoms with Gasteiger partial charge in [-0.25, -0.2) is 0 Å². The number of benzene rings is 1. The quantitative estimate of drug-likeness (QED) is 0.0524. The van der Waals surface area contributed by atoms with Crippen molar-refractivity contribution in [3.63, 3.8) is 0 Å². The van der Waals surface area contributed by atoms with Gasteiger partial charge >= 0.3 is 23.9 Å². The highest BCUT2D eigenvalue weighted by molar-refractivity contribution is 5.76. The van der Waals surface area contributed by atoms with Crippen molar-refractivity contribution in [3.8, 4) is 0 Å². The van der Waals surface area contributed by atoms with Gasteiger partial charge < -0.3 is 43.4 Å². The topological polar surface area (TPSA) is 178 Å². The highest BCUT2D eigenvalue weighted by atomic mass is 16.5. The molecule has 0 bridgehead atoms. The van der Waals surface area contributed by atoms with Gasteiger partial charge in [-0.2, -0.15) is 0 Å². The molecule has 18 nitrogen and oxygen atoms in total. The van der Waals surface area contributed by atoms with Crippen LogP contribution in [0.3, 0.4) is 0 Å².